The normalized spacial score (nSPS) is 11.1. The second kappa shape index (κ2) is 7.34. The molecule has 4 aromatic rings. The topological polar surface area (TPSA) is 96.8 Å². The Bertz CT molecular complexity index is 1300. The molecule has 3 aromatic heterocycles. The van der Waals surface area contributed by atoms with Gasteiger partial charge in [-0.2, -0.15) is 0 Å². The number of anilines is 1. The van der Waals surface area contributed by atoms with Gasteiger partial charge in [-0.3, -0.25) is 19.1 Å². The number of H-pyrrole nitrogens is 1. The summed E-state index contributed by atoms with van der Waals surface area (Å²) < 4.78 is 0.996. The number of hydrogen-bond acceptors (Lipinski definition) is 6. The Labute approximate surface area is 171 Å². The molecule has 0 bridgehead atoms. The van der Waals surface area contributed by atoms with Crippen molar-refractivity contribution < 1.29 is 4.79 Å². The third-order valence-electron chi connectivity index (χ3n) is 4.15. The van der Waals surface area contributed by atoms with Gasteiger partial charge in [0.05, 0.1) is 17.5 Å². The third kappa shape index (κ3) is 3.51. The van der Waals surface area contributed by atoms with Crippen LogP contribution in [0.15, 0.2) is 44.6 Å². The second-order valence-electron chi connectivity index (χ2n) is 6.03. The molecule has 0 aliphatic carbocycles. The number of aromatic amines is 1. The molecule has 0 radical (unpaired) electrons. The molecule has 0 aliphatic heterocycles. The average Bonchev–Trinajstić information content (AvgIpc) is 3.28. The number of thiazole rings is 1. The van der Waals surface area contributed by atoms with Crippen LogP contribution in [-0.2, 0) is 18.3 Å². The third-order valence-corrected chi connectivity index (χ3v) is 6.11. The number of carbonyl (C=O) groups excluding carboxylic acids is 1. The van der Waals surface area contributed by atoms with E-state index in [1.54, 1.807) is 17.5 Å². The van der Waals surface area contributed by atoms with E-state index in [4.69, 9.17) is 11.6 Å². The van der Waals surface area contributed by atoms with Gasteiger partial charge in [-0.05, 0) is 23.1 Å². The fourth-order valence-electron chi connectivity index (χ4n) is 2.71. The Morgan fingerprint density at radius 3 is 2.71 bits per heavy atom. The van der Waals surface area contributed by atoms with E-state index in [-0.39, 0.29) is 12.3 Å². The van der Waals surface area contributed by atoms with Crippen molar-refractivity contribution >= 4 is 55.5 Å². The van der Waals surface area contributed by atoms with E-state index < -0.39 is 11.2 Å². The van der Waals surface area contributed by atoms with Crippen molar-refractivity contribution in [3.63, 3.8) is 0 Å². The Morgan fingerprint density at radius 1 is 1.21 bits per heavy atom. The summed E-state index contributed by atoms with van der Waals surface area (Å²) >= 11 is 8.44. The molecule has 0 aliphatic rings. The number of fused-ring (bicyclic) bond motifs is 1. The van der Waals surface area contributed by atoms with Crippen molar-refractivity contribution in [1.82, 2.24) is 14.5 Å². The fourth-order valence-corrected chi connectivity index (χ4v) is 4.52. The molecule has 0 unspecified atom stereocenters. The molecule has 7 nitrogen and oxygen atoms in total. The van der Waals surface area contributed by atoms with Crippen LogP contribution in [0.3, 0.4) is 0 Å². The number of thiophene rings is 1. The van der Waals surface area contributed by atoms with E-state index in [1.807, 2.05) is 17.5 Å². The van der Waals surface area contributed by atoms with Crippen LogP contribution in [0, 0.1) is 0 Å². The molecule has 0 spiro atoms. The first-order chi connectivity index (χ1) is 13.4. The molecule has 1 amide bonds. The van der Waals surface area contributed by atoms with Crippen LogP contribution in [0.2, 0.25) is 5.02 Å². The van der Waals surface area contributed by atoms with Crippen molar-refractivity contribution in [3.8, 4) is 11.3 Å². The fraction of sp³-hybridized carbons (Fsp3) is 0.111. The summed E-state index contributed by atoms with van der Waals surface area (Å²) in [6.07, 6.45) is 0.0111. The number of nitrogens with one attached hydrogen (secondary N) is 2. The lowest BCUT2D eigenvalue weighted by Crippen LogP contribution is -2.32. The van der Waals surface area contributed by atoms with Crippen LogP contribution < -0.4 is 16.6 Å². The van der Waals surface area contributed by atoms with Crippen LogP contribution in [0.5, 0.6) is 0 Å². The van der Waals surface area contributed by atoms with E-state index in [2.05, 4.69) is 15.3 Å². The lowest BCUT2D eigenvalue weighted by atomic mass is 10.1. The summed E-state index contributed by atoms with van der Waals surface area (Å²) in [5, 5.41) is 7.79. The number of aromatic nitrogens is 3. The van der Waals surface area contributed by atoms with Crippen LogP contribution in [0.4, 0.5) is 5.13 Å². The molecule has 28 heavy (non-hydrogen) atoms. The molecule has 142 valence electrons. The first-order valence-electron chi connectivity index (χ1n) is 8.13. The number of benzene rings is 1. The molecular weight excluding hydrogens is 420 g/mol. The molecule has 4 rings (SSSR count). The van der Waals surface area contributed by atoms with Crippen molar-refractivity contribution in [1.29, 1.82) is 0 Å². The monoisotopic (exact) mass is 432 g/mol. The Morgan fingerprint density at radius 2 is 1.96 bits per heavy atom. The van der Waals surface area contributed by atoms with Gasteiger partial charge in [0.2, 0.25) is 5.91 Å². The summed E-state index contributed by atoms with van der Waals surface area (Å²) in [6, 6.07) is 7.27. The van der Waals surface area contributed by atoms with Gasteiger partial charge in [-0.15, -0.1) is 22.7 Å². The van der Waals surface area contributed by atoms with E-state index in [9.17, 15) is 14.4 Å². The largest absolute Gasteiger partial charge is 0.329 e. The minimum atomic E-state index is -0.479. The predicted octanol–water partition coefficient (Wildman–Crippen LogP) is 3.25. The molecule has 0 saturated carbocycles. The molecule has 1 aromatic carbocycles. The van der Waals surface area contributed by atoms with E-state index in [0.29, 0.717) is 25.9 Å². The lowest BCUT2D eigenvalue weighted by Gasteiger charge is -2.02. The summed E-state index contributed by atoms with van der Waals surface area (Å²) in [4.78, 5) is 44.0. The first-order valence-corrected chi connectivity index (χ1v) is 10.3. The Kier molecular flexibility index (Phi) is 4.88. The summed E-state index contributed by atoms with van der Waals surface area (Å²) in [5.41, 5.74) is 1.32. The number of nitrogens with zero attached hydrogens (tertiary/aromatic N) is 2. The van der Waals surface area contributed by atoms with Gasteiger partial charge in [0, 0.05) is 23.0 Å². The Hall–Kier alpha value is -2.75. The van der Waals surface area contributed by atoms with Crippen LogP contribution >= 0.6 is 34.3 Å². The van der Waals surface area contributed by atoms with Crippen molar-refractivity contribution in [2.45, 2.75) is 6.42 Å². The molecule has 0 saturated heterocycles. The number of hydrogen-bond donors (Lipinski definition) is 2. The SMILES string of the molecule is Cn1c(=O)[nH]c2scc(CC(=O)Nc3nc(-c4ccc(Cl)cc4)cs3)c2c1=O. The van der Waals surface area contributed by atoms with Crippen LogP contribution in [0.25, 0.3) is 21.5 Å². The second-order valence-corrected chi connectivity index (χ2v) is 8.20. The van der Waals surface area contributed by atoms with Gasteiger partial charge in [-0.1, -0.05) is 23.7 Å². The number of amides is 1. The summed E-state index contributed by atoms with van der Waals surface area (Å²) in [5.74, 6) is -0.287. The summed E-state index contributed by atoms with van der Waals surface area (Å²) in [6.45, 7) is 0. The van der Waals surface area contributed by atoms with Gasteiger partial charge in [0.15, 0.2) is 5.13 Å². The molecule has 3 heterocycles. The molecule has 0 fully saturated rings. The first kappa shape index (κ1) is 18.6. The van der Waals surface area contributed by atoms with Gasteiger partial charge in [0.1, 0.15) is 4.83 Å². The van der Waals surface area contributed by atoms with E-state index in [0.717, 1.165) is 15.8 Å². The quantitative estimate of drug-likeness (QED) is 0.517. The minimum Gasteiger partial charge on any atom is -0.302 e. The Balaban J connectivity index is 1.53. The van der Waals surface area contributed by atoms with E-state index >= 15 is 0 Å². The van der Waals surface area contributed by atoms with Gasteiger partial charge < -0.3 is 5.32 Å². The zero-order valence-electron chi connectivity index (χ0n) is 14.5. The lowest BCUT2D eigenvalue weighted by molar-refractivity contribution is -0.115. The zero-order chi connectivity index (χ0) is 19.8. The molecule has 10 heteroatoms. The zero-order valence-corrected chi connectivity index (χ0v) is 16.9. The maximum atomic E-state index is 12.4. The highest BCUT2D eigenvalue weighted by Gasteiger charge is 2.16. The standard InChI is InChI=1S/C18H13ClN4O3S2/c1-23-16(25)14-10(7-27-15(14)22-18(23)26)6-13(24)21-17-20-12(8-28-17)9-2-4-11(19)5-3-9/h2-5,7-8H,6H2,1H3,(H,22,26)(H,20,21,24). The molecule has 0 atom stereocenters. The van der Waals surface area contributed by atoms with Crippen molar-refractivity contribution in [2.24, 2.45) is 7.05 Å². The molecular formula is C18H13ClN4O3S2. The average molecular weight is 433 g/mol. The summed E-state index contributed by atoms with van der Waals surface area (Å²) in [7, 11) is 1.40. The van der Waals surface area contributed by atoms with Gasteiger partial charge in [-0.25, -0.2) is 9.78 Å². The smallest absolute Gasteiger partial charge is 0.302 e. The van der Waals surface area contributed by atoms with Crippen molar-refractivity contribution in [3.05, 3.63) is 66.4 Å². The predicted molar refractivity (Wildman–Crippen MR) is 113 cm³/mol. The van der Waals surface area contributed by atoms with E-state index in [1.165, 1.54) is 29.7 Å². The van der Waals surface area contributed by atoms with Crippen LogP contribution in [0.1, 0.15) is 5.56 Å². The maximum absolute atomic E-state index is 12.4. The van der Waals surface area contributed by atoms with Crippen LogP contribution in [-0.4, -0.2) is 20.4 Å². The maximum Gasteiger partial charge on any atom is 0.329 e. The minimum absolute atomic E-state index is 0.0111. The molecule has 2 N–H and O–H groups in total. The van der Waals surface area contributed by atoms with Gasteiger partial charge >= 0.3 is 5.69 Å². The highest BCUT2D eigenvalue weighted by atomic mass is 35.5. The van der Waals surface area contributed by atoms with Crippen molar-refractivity contribution in [2.75, 3.05) is 5.32 Å². The number of carbonyl (C=O) groups is 1. The highest BCUT2D eigenvalue weighted by Crippen LogP contribution is 2.26. The number of halogens is 1. The highest BCUT2D eigenvalue weighted by molar-refractivity contribution is 7.17. The number of rotatable bonds is 4. The van der Waals surface area contributed by atoms with Gasteiger partial charge in [0.25, 0.3) is 5.56 Å².